The highest BCUT2D eigenvalue weighted by molar-refractivity contribution is 5.82. The molecule has 0 spiro atoms. The number of nitro benzene ring substituents is 2. The maximum atomic E-state index is 11.1. The summed E-state index contributed by atoms with van der Waals surface area (Å²) in [6, 6.07) is 0.607. The van der Waals surface area contributed by atoms with Gasteiger partial charge < -0.3 is 16.2 Å². The van der Waals surface area contributed by atoms with E-state index >= 15 is 0 Å². The van der Waals surface area contributed by atoms with Crippen molar-refractivity contribution in [3.05, 3.63) is 32.4 Å². The molecule has 10 nitrogen and oxygen atoms in total. The molecular formula is C11H14N4O6. The molecule has 1 rings (SSSR count). The minimum atomic E-state index is -1.20. The Morgan fingerprint density at radius 2 is 1.76 bits per heavy atom. The highest BCUT2D eigenvalue weighted by Gasteiger charge is 2.28. The minimum absolute atomic E-state index is 0.177. The molecule has 10 heteroatoms. The third-order valence-electron chi connectivity index (χ3n) is 2.78. The fourth-order valence-electron chi connectivity index (χ4n) is 1.70. The normalized spacial score (nSPS) is 12.0. The molecule has 0 aliphatic carbocycles. The Bertz CT molecular complexity index is 601. The van der Waals surface area contributed by atoms with Crippen molar-refractivity contribution >= 4 is 28.7 Å². The van der Waals surface area contributed by atoms with Gasteiger partial charge in [0.1, 0.15) is 17.4 Å². The van der Waals surface area contributed by atoms with E-state index < -0.39 is 33.2 Å². The van der Waals surface area contributed by atoms with Crippen molar-refractivity contribution in [3.8, 4) is 0 Å². The quantitative estimate of drug-likeness (QED) is 0.405. The average molecular weight is 298 g/mol. The van der Waals surface area contributed by atoms with Crippen molar-refractivity contribution in [1.29, 1.82) is 0 Å². The molecule has 1 aromatic rings. The summed E-state index contributed by atoms with van der Waals surface area (Å²) in [6.07, 6.45) is 0. The number of anilines is 2. The van der Waals surface area contributed by atoms with Crippen molar-refractivity contribution in [3.63, 3.8) is 0 Å². The van der Waals surface area contributed by atoms with Gasteiger partial charge >= 0.3 is 5.97 Å². The lowest BCUT2D eigenvalue weighted by Gasteiger charge is -2.19. The molecule has 0 saturated carbocycles. The second kappa shape index (κ2) is 6.03. The Morgan fingerprint density at radius 1 is 1.24 bits per heavy atom. The molecule has 1 atom stereocenters. The summed E-state index contributed by atoms with van der Waals surface area (Å²) < 4.78 is 0. The van der Waals surface area contributed by atoms with Crippen molar-refractivity contribution < 1.29 is 19.7 Å². The number of carboxylic acids is 1. The van der Waals surface area contributed by atoms with Gasteiger partial charge in [-0.3, -0.25) is 20.2 Å². The number of carboxylic acid groups (broad SMARTS) is 1. The third kappa shape index (κ3) is 3.55. The number of nitrogens with zero attached hydrogens (tertiary/aromatic N) is 2. The Hall–Kier alpha value is -2.91. The zero-order valence-electron chi connectivity index (χ0n) is 11.3. The van der Waals surface area contributed by atoms with Crippen molar-refractivity contribution in [2.24, 2.45) is 5.92 Å². The first-order valence-electron chi connectivity index (χ1n) is 5.86. The number of nitrogen functional groups attached to an aromatic ring is 1. The van der Waals surface area contributed by atoms with Gasteiger partial charge in [-0.2, -0.15) is 0 Å². The molecule has 0 aromatic heterocycles. The van der Waals surface area contributed by atoms with Crippen LogP contribution in [0.5, 0.6) is 0 Å². The topological polar surface area (TPSA) is 162 Å². The number of benzene rings is 1. The lowest BCUT2D eigenvalue weighted by atomic mass is 10.0. The Labute approximate surface area is 118 Å². The van der Waals surface area contributed by atoms with Gasteiger partial charge in [0, 0.05) is 0 Å². The third-order valence-corrected chi connectivity index (χ3v) is 2.78. The van der Waals surface area contributed by atoms with Crippen LogP contribution in [0.1, 0.15) is 13.8 Å². The van der Waals surface area contributed by atoms with Crippen molar-refractivity contribution in [2.45, 2.75) is 19.9 Å². The summed E-state index contributed by atoms with van der Waals surface area (Å²) >= 11 is 0. The number of nitro groups is 2. The lowest BCUT2D eigenvalue weighted by molar-refractivity contribution is -0.393. The van der Waals surface area contributed by atoms with Crippen molar-refractivity contribution in [2.75, 3.05) is 11.1 Å². The fraction of sp³-hybridized carbons (Fsp3) is 0.364. The van der Waals surface area contributed by atoms with Crippen LogP contribution < -0.4 is 11.1 Å². The van der Waals surface area contributed by atoms with Gasteiger partial charge in [0.15, 0.2) is 0 Å². The van der Waals surface area contributed by atoms with Gasteiger partial charge in [-0.05, 0) is 12.0 Å². The van der Waals surface area contributed by atoms with Gasteiger partial charge in [0.05, 0.1) is 15.9 Å². The van der Waals surface area contributed by atoms with Crippen LogP contribution in [0.4, 0.5) is 22.7 Å². The van der Waals surface area contributed by atoms with E-state index in [-0.39, 0.29) is 17.3 Å². The molecular weight excluding hydrogens is 284 g/mol. The second-order valence-electron chi connectivity index (χ2n) is 4.65. The van der Waals surface area contributed by atoms with Crippen LogP contribution in [0.3, 0.4) is 0 Å². The number of rotatable bonds is 6. The van der Waals surface area contributed by atoms with Gasteiger partial charge in [0.25, 0.3) is 11.4 Å². The number of hydrogen-bond donors (Lipinski definition) is 3. The van der Waals surface area contributed by atoms with E-state index in [1.54, 1.807) is 13.8 Å². The predicted molar refractivity (Wildman–Crippen MR) is 74.0 cm³/mol. The summed E-state index contributed by atoms with van der Waals surface area (Å²) in [6.45, 7) is 3.23. The lowest BCUT2D eigenvalue weighted by Crippen LogP contribution is -2.34. The maximum Gasteiger partial charge on any atom is 0.326 e. The molecule has 0 radical (unpaired) electrons. The highest BCUT2D eigenvalue weighted by atomic mass is 16.6. The van der Waals surface area contributed by atoms with Crippen LogP contribution in [0.15, 0.2) is 12.1 Å². The van der Waals surface area contributed by atoms with Crippen LogP contribution in [0, 0.1) is 26.1 Å². The van der Waals surface area contributed by atoms with Crippen LogP contribution in [0.2, 0.25) is 0 Å². The molecule has 1 unspecified atom stereocenters. The second-order valence-corrected chi connectivity index (χ2v) is 4.65. The summed E-state index contributed by atoms with van der Waals surface area (Å²) in [5.74, 6) is -1.56. The maximum absolute atomic E-state index is 11.1. The van der Waals surface area contributed by atoms with Gasteiger partial charge in [-0.25, -0.2) is 4.79 Å². The molecule has 0 fully saturated rings. The molecule has 114 valence electrons. The Kier molecular flexibility index (Phi) is 4.64. The first-order valence-corrected chi connectivity index (χ1v) is 5.86. The summed E-state index contributed by atoms with van der Waals surface area (Å²) in [5.41, 5.74) is 3.78. The smallest absolute Gasteiger partial charge is 0.326 e. The molecule has 1 aromatic carbocycles. The monoisotopic (exact) mass is 298 g/mol. The summed E-state index contributed by atoms with van der Waals surface area (Å²) in [4.78, 5) is 31.2. The molecule has 0 aliphatic heterocycles. The van der Waals surface area contributed by atoms with Gasteiger partial charge in [0.2, 0.25) is 0 Å². The Morgan fingerprint density at radius 3 is 2.14 bits per heavy atom. The van der Waals surface area contributed by atoms with Crippen molar-refractivity contribution in [1.82, 2.24) is 0 Å². The van der Waals surface area contributed by atoms with E-state index in [0.29, 0.717) is 6.07 Å². The first kappa shape index (κ1) is 16.1. The summed E-state index contributed by atoms with van der Waals surface area (Å²) in [5, 5.41) is 33.3. The van der Waals surface area contributed by atoms with E-state index in [0.717, 1.165) is 6.07 Å². The van der Waals surface area contributed by atoms with E-state index in [1.165, 1.54) is 0 Å². The highest BCUT2D eigenvalue weighted by Crippen LogP contribution is 2.35. The van der Waals surface area contributed by atoms with E-state index in [4.69, 9.17) is 10.8 Å². The van der Waals surface area contributed by atoms with Gasteiger partial charge in [-0.15, -0.1) is 0 Å². The molecule has 21 heavy (non-hydrogen) atoms. The fourth-order valence-corrected chi connectivity index (χ4v) is 1.70. The largest absolute Gasteiger partial charge is 0.480 e. The Balaban J connectivity index is 3.35. The number of nitrogens with two attached hydrogens (primary N) is 1. The van der Waals surface area contributed by atoms with E-state index in [9.17, 15) is 25.0 Å². The van der Waals surface area contributed by atoms with Crippen LogP contribution in [-0.2, 0) is 4.79 Å². The molecule has 0 amide bonds. The standard InChI is InChI=1S/C11H14N4O6/c1-5(2)10(11(16)17)13-7-3-6(12)8(14(18)19)4-9(7)15(20)21/h3-5,10,13H,12H2,1-2H3,(H,16,17). The van der Waals surface area contributed by atoms with E-state index in [1.807, 2.05) is 0 Å². The number of hydrogen-bond acceptors (Lipinski definition) is 7. The van der Waals surface area contributed by atoms with Crippen LogP contribution in [-0.4, -0.2) is 27.0 Å². The van der Waals surface area contributed by atoms with Crippen LogP contribution >= 0.6 is 0 Å². The SMILES string of the molecule is CC(C)C(Nc1cc(N)c([N+](=O)[O-])cc1[N+](=O)[O-])C(=O)O. The molecule has 0 heterocycles. The predicted octanol–water partition coefficient (Wildman–Crippen LogP) is 1.61. The summed E-state index contributed by atoms with van der Waals surface area (Å²) in [7, 11) is 0. The van der Waals surface area contributed by atoms with Crippen LogP contribution in [0.25, 0.3) is 0 Å². The minimum Gasteiger partial charge on any atom is -0.480 e. The zero-order valence-corrected chi connectivity index (χ0v) is 11.3. The molecule has 0 aliphatic rings. The first-order chi connectivity index (χ1) is 9.65. The molecule has 0 saturated heterocycles. The van der Waals surface area contributed by atoms with Gasteiger partial charge in [-0.1, -0.05) is 13.8 Å². The zero-order chi connectivity index (χ0) is 16.3. The molecule has 0 bridgehead atoms. The molecule has 4 N–H and O–H groups in total. The number of aliphatic carboxylic acids is 1. The average Bonchev–Trinajstić information content (AvgIpc) is 2.34. The number of carbonyl (C=O) groups is 1. The number of nitrogens with one attached hydrogen (secondary N) is 1. The van der Waals surface area contributed by atoms with E-state index in [2.05, 4.69) is 5.32 Å².